The lowest BCUT2D eigenvalue weighted by Gasteiger charge is -2.23. The van der Waals surface area contributed by atoms with Crippen LogP contribution >= 0.6 is 24.0 Å². The molecule has 2 atom stereocenters. The maximum Gasteiger partial charge on any atom is 0.213 e. The van der Waals surface area contributed by atoms with Gasteiger partial charge in [-0.25, -0.2) is 13.1 Å². The zero-order chi connectivity index (χ0) is 19.5. The molecule has 2 aliphatic rings. The standard InChI is InChI=1S/C18H36N4O4S.HI/c1-3-19-18(22-10-8-16(14-22)15-25-4-2)20-9-12-27(23,24)21-13-17-7-5-6-11-26-17;/h16-17,21H,3-15H2,1-2H3,(H,19,20);1H. The van der Waals surface area contributed by atoms with Gasteiger partial charge in [0.15, 0.2) is 5.96 Å². The van der Waals surface area contributed by atoms with Gasteiger partial charge in [0.2, 0.25) is 10.0 Å². The first-order chi connectivity index (χ1) is 13.0. The number of nitrogens with one attached hydrogen (secondary N) is 2. The Morgan fingerprint density at radius 1 is 1.29 bits per heavy atom. The average Bonchev–Trinajstić information content (AvgIpc) is 3.14. The molecule has 0 spiro atoms. The van der Waals surface area contributed by atoms with Gasteiger partial charge >= 0.3 is 0 Å². The first-order valence-electron chi connectivity index (χ1n) is 10.2. The topological polar surface area (TPSA) is 92.3 Å². The second kappa shape index (κ2) is 13.9. The van der Waals surface area contributed by atoms with E-state index in [2.05, 4.69) is 19.9 Å². The minimum absolute atomic E-state index is 0. The Labute approximate surface area is 187 Å². The Bertz CT molecular complexity index is 556. The number of aliphatic imine (C=N–C) groups is 1. The monoisotopic (exact) mass is 532 g/mol. The SMILES string of the molecule is CCNC(=NCCS(=O)(=O)NCC1CCCCO1)N1CCC(COCC)C1.I. The van der Waals surface area contributed by atoms with Crippen LogP contribution in [0.2, 0.25) is 0 Å². The number of hydrogen-bond acceptors (Lipinski definition) is 5. The molecule has 0 amide bonds. The molecule has 2 N–H and O–H groups in total. The fraction of sp³-hybridized carbons (Fsp3) is 0.944. The minimum atomic E-state index is -3.34. The Kier molecular flexibility index (Phi) is 12.9. The lowest BCUT2D eigenvalue weighted by atomic mass is 10.1. The van der Waals surface area contributed by atoms with Crippen molar-refractivity contribution in [1.82, 2.24) is 14.9 Å². The number of nitrogens with zero attached hydrogens (tertiary/aromatic N) is 2. The quantitative estimate of drug-likeness (QED) is 0.251. The van der Waals surface area contributed by atoms with Crippen molar-refractivity contribution in [3.8, 4) is 0 Å². The number of sulfonamides is 1. The second-order valence-electron chi connectivity index (χ2n) is 7.15. The molecule has 2 rings (SSSR count). The van der Waals surface area contributed by atoms with Gasteiger partial charge in [-0.2, -0.15) is 0 Å². The van der Waals surface area contributed by atoms with Crippen molar-refractivity contribution in [3.05, 3.63) is 0 Å². The molecule has 2 unspecified atom stereocenters. The van der Waals surface area contributed by atoms with Gasteiger partial charge in [-0.05, 0) is 39.5 Å². The highest BCUT2D eigenvalue weighted by Gasteiger charge is 2.25. The number of rotatable bonds is 10. The van der Waals surface area contributed by atoms with Crippen molar-refractivity contribution in [2.75, 3.05) is 58.3 Å². The minimum Gasteiger partial charge on any atom is -0.381 e. The molecule has 0 saturated carbocycles. The van der Waals surface area contributed by atoms with Crippen LogP contribution < -0.4 is 10.0 Å². The predicted molar refractivity (Wildman–Crippen MR) is 123 cm³/mol. The molecular formula is C18H37IN4O4S. The third-order valence-electron chi connectivity index (χ3n) is 4.90. The van der Waals surface area contributed by atoms with Gasteiger partial charge in [0.05, 0.1) is 25.0 Å². The molecule has 166 valence electrons. The van der Waals surface area contributed by atoms with E-state index in [-0.39, 0.29) is 42.4 Å². The summed E-state index contributed by atoms with van der Waals surface area (Å²) in [5, 5.41) is 3.27. The predicted octanol–water partition coefficient (Wildman–Crippen LogP) is 1.42. The van der Waals surface area contributed by atoms with E-state index in [0.717, 1.165) is 71.1 Å². The highest BCUT2D eigenvalue weighted by Crippen LogP contribution is 2.16. The van der Waals surface area contributed by atoms with E-state index in [0.29, 0.717) is 12.5 Å². The molecule has 0 aromatic heterocycles. The van der Waals surface area contributed by atoms with Crippen LogP contribution in [0.3, 0.4) is 0 Å². The maximum absolute atomic E-state index is 12.2. The van der Waals surface area contributed by atoms with E-state index in [9.17, 15) is 8.42 Å². The molecule has 0 aromatic carbocycles. The highest BCUT2D eigenvalue weighted by molar-refractivity contribution is 14.0. The lowest BCUT2D eigenvalue weighted by Crippen LogP contribution is -2.41. The molecule has 0 aromatic rings. The Balaban J connectivity index is 0.00000392. The van der Waals surface area contributed by atoms with Crippen molar-refractivity contribution in [2.24, 2.45) is 10.9 Å². The van der Waals surface area contributed by atoms with Crippen LogP contribution in [0.25, 0.3) is 0 Å². The summed E-state index contributed by atoms with van der Waals surface area (Å²) in [6, 6.07) is 0. The number of halogens is 1. The van der Waals surface area contributed by atoms with Crippen molar-refractivity contribution in [2.45, 2.75) is 45.6 Å². The molecule has 28 heavy (non-hydrogen) atoms. The first-order valence-corrected chi connectivity index (χ1v) is 11.9. The largest absolute Gasteiger partial charge is 0.381 e. The summed E-state index contributed by atoms with van der Waals surface area (Å²) in [5.74, 6) is 1.29. The van der Waals surface area contributed by atoms with Crippen molar-refractivity contribution < 1.29 is 17.9 Å². The highest BCUT2D eigenvalue weighted by atomic mass is 127. The van der Waals surface area contributed by atoms with Crippen LogP contribution in [-0.4, -0.2) is 83.7 Å². The fourth-order valence-electron chi connectivity index (χ4n) is 3.40. The molecule has 0 bridgehead atoms. The van der Waals surface area contributed by atoms with Gasteiger partial charge in [0, 0.05) is 45.3 Å². The van der Waals surface area contributed by atoms with Gasteiger partial charge in [0.25, 0.3) is 0 Å². The van der Waals surface area contributed by atoms with Gasteiger partial charge < -0.3 is 19.7 Å². The van der Waals surface area contributed by atoms with Crippen LogP contribution in [0, 0.1) is 5.92 Å². The molecule has 8 nitrogen and oxygen atoms in total. The van der Waals surface area contributed by atoms with Crippen LogP contribution in [0.4, 0.5) is 0 Å². The molecule has 2 saturated heterocycles. The zero-order valence-electron chi connectivity index (χ0n) is 17.2. The normalized spacial score (nSPS) is 23.5. The molecule has 2 heterocycles. The van der Waals surface area contributed by atoms with Gasteiger partial charge in [-0.1, -0.05) is 0 Å². The van der Waals surface area contributed by atoms with Crippen LogP contribution in [-0.2, 0) is 19.5 Å². The van der Waals surface area contributed by atoms with Crippen molar-refractivity contribution >= 4 is 40.0 Å². The van der Waals surface area contributed by atoms with E-state index in [1.54, 1.807) is 0 Å². The summed E-state index contributed by atoms with van der Waals surface area (Å²) >= 11 is 0. The Morgan fingerprint density at radius 2 is 2.11 bits per heavy atom. The number of ether oxygens (including phenoxy) is 2. The van der Waals surface area contributed by atoms with Gasteiger partial charge in [-0.3, -0.25) is 4.99 Å². The Morgan fingerprint density at radius 3 is 2.79 bits per heavy atom. The van der Waals surface area contributed by atoms with E-state index in [4.69, 9.17) is 9.47 Å². The molecule has 2 aliphatic heterocycles. The van der Waals surface area contributed by atoms with Gasteiger partial charge in [-0.15, -0.1) is 24.0 Å². The summed E-state index contributed by atoms with van der Waals surface area (Å²) in [7, 11) is -3.34. The third kappa shape index (κ3) is 9.55. The first kappa shape index (κ1) is 25.9. The van der Waals surface area contributed by atoms with E-state index >= 15 is 0 Å². The smallest absolute Gasteiger partial charge is 0.213 e. The van der Waals surface area contributed by atoms with Crippen LogP contribution in [0.15, 0.2) is 4.99 Å². The van der Waals surface area contributed by atoms with Crippen molar-refractivity contribution in [1.29, 1.82) is 0 Å². The number of likely N-dealkylation sites (tertiary alicyclic amines) is 1. The van der Waals surface area contributed by atoms with E-state index < -0.39 is 10.0 Å². The van der Waals surface area contributed by atoms with Gasteiger partial charge in [0.1, 0.15) is 0 Å². The summed E-state index contributed by atoms with van der Waals surface area (Å²) in [4.78, 5) is 6.73. The van der Waals surface area contributed by atoms with Crippen LogP contribution in [0.5, 0.6) is 0 Å². The summed E-state index contributed by atoms with van der Waals surface area (Å²) in [5.41, 5.74) is 0. The Hall–Kier alpha value is -0.170. The van der Waals surface area contributed by atoms with E-state index in [1.807, 2.05) is 13.8 Å². The lowest BCUT2D eigenvalue weighted by molar-refractivity contribution is 0.0200. The third-order valence-corrected chi connectivity index (χ3v) is 6.23. The molecular weight excluding hydrogens is 495 g/mol. The average molecular weight is 532 g/mol. The molecule has 2 fully saturated rings. The van der Waals surface area contributed by atoms with E-state index in [1.165, 1.54) is 0 Å². The molecule has 0 radical (unpaired) electrons. The van der Waals surface area contributed by atoms with Crippen LogP contribution in [0.1, 0.15) is 39.5 Å². The fourth-order valence-corrected chi connectivity index (χ4v) is 4.32. The maximum atomic E-state index is 12.2. The molecule has 0 aliphatic carbocycles. The molecule has 10 heteroatoms. The van der Waals surface area contributed by atoms with Crippen molar-refractivity contribution in [3.63, 3.8) is 0 Å². The summed E-state index contributed by atoms with van der Waals surface area (Å²) < 4.78 is 38.2. The summed E-state index contributed by atoms with van der Waals surface area (Å²) in [6.45, 7) is 9.45. The number of guanidine groups is 1. The summed E-state index contributed by atoms with van der Waals surface area (Å²) in [6.07, 6.45) is 4.16. The second-order valence-corrected chi connectivity index (χ2v) is 9.08. The number of hydrogen-bond donors (Lipinski definition) is 2. The zero-order valence-corrected chi connectivity index (χ0v) is 20.3.